The standard InChI is InChI=1S/C10H18N4O3S/c1-3-8-7(5-6-17-8)9-12-13-10(14(9)4-2)18(11,15)16/h7-8H,3-6H2,1-2H3,(H2,11,15,16). The molecule has 8 heteroatoms. The van der Waals surface area contributed by atoms with E-state index in [0.29, 0.717) is 19.0 Å². The first kappa shape index (κ1) is 13.4. The third-order valence-electron chi connectivity index (χ3n) is 3.26. The monoisotopic (exact) mass is 274 g/mol. The number of aromatic nitrogens is 3. The van der Waals surface area contributed by atoms with E-state index in [1.165, 1.54) is 0 Å². The summed E-state index contributed by atoms with van der Waals surface area (Å²) in [4.78, 5) is 0. The molecule has 1 fully saturated rings. The topological polar surface area (TPSA) is 100 Å². The second-order valence-electron chi connectivity index (χ2n) is 4.34. The molecule has 0 aliphatic carbocycles. The van der Waals surface area contributed by atoms with Crippen LogP contribution in [0.2, 0.25) is 0 Å². The maximum atomic E-state index is 11.4. The number of primary sulfonamides is 1. The van der Waals surface area contributed by atoms with Gasteiger partial charge in [0.15, 0.2) is 0 Å². The lowest BCUT2D eigenvalue weighted by molar-refractivity contribution is 0.0987. The largest absolute Gasteiger partial charge is 0.377 e. The molecule has 7 nitrogen and oxygen atoms in total. The van der Waals surface area contributed by atoms with Crippen molar-refractivity contribution >= 4 is 10.0 Å². The third kappa shape index (κ3) is 2.27. The van der Waals surface area contributed by atoms with Gasteiger partial charge in [-0.1, -0.05) is 6.92 Å². The van der Waals surface area contributed by atoms with Crippen LogP contribution in [0.3, 0.4) is 0 Å². The molecule has 2 atom stereocenters. The van der Waals surface area contributed by atoms with Crippen molar-refractivity contribution in [2.24, 2.45) is 5.14 Å². The van der Waals surface area contributed by atoms with Gasteiger partial charge in [0.1, 0.15) is 5.82 Å². The predicted octanol–water partition coefficient (Wildman–Crippen LogP) is 0.228. The fourth-order valence-corrected chi connectivity index (χ4v) is 3.11. The molecule has 0 bridgehead atoms. The van der Waals surface area contributed by atoms with Crippen molar-refractivity contribution in [3.63, 3.8) is 0 Å². The maximum absolute atomic E-state index is 11.4. The zero-order valence-corrected chi connectivity index (χ0v) is 11.4. The normalized spacial score (nSPS) is 24.6. The van der Waals surface area contributed by atoms with E-state index in [9.17, 15) is 8.42 Å². The van der Waals surface area contributed by atoms with E-state index in [2.05, 4.69) is 10.2 Å². The van der Waals surface area contributed by atoms with Gasteiger partial charge in [-0.3, -0.25) is 0 Å². The lowest BCUT2D eigenvalue weighted by atomic mass is 9.99. The summed E-state index contributed by atoms with van der Waals surface area (Å²) < 4.78 is 30.0. The molecule has 0 aromatic carbocycles. The molecule has 2 heterocycles. The van der Waals surface area contributed by atoms with E-state index < -0.39 is 10.0 Å². The number of rotatable bonds is 4. The summed E-state index contributed by atoms with van der Waals surface area (Å²) >= 11 is 0. The highest BCUT2D eigenvalue weighted by Gasteiger charge is 2.34. The molecule has 2 rings (SSSR count). The number of ether oxygens (including phenoxy) is 1. The first-order chi connectivity index (χ1) is 8.49. The second kappa shape index (κ2) is 4.94. The van der Waals surface area contributed by atoms with Gasteiger partial charge < -0.3 is 9.30 Å². The van der Waals surface area contributed by atoms with Gasteiger partial charge in [-0.15, -0.1) is 10.2 Å². The molecule has 1 aliphatic rings. The summed E-state index contributed by atoms with van der Waals surface area (Å²) in [5, 5.41) is 12.7. The lowest BCUT2D eigenvalue weighted by Gasteiger charge is -2.16. The number of sulfonamides is 1. The molecule has 1 saturated heterocycles. The van der Waals surface area contributed by atoms with Gasteiger partial charge in [0.2, 0.25) is 0 Å². The first-order valence-corrected chi connectivity index (χ1v) is 7.61. The molecule has 0 amide bonds. The van der Waals surface area contributed by atoms with Crippen LogP contribution < -0.4 is 5.14 Å². The van der Waals surface area contributed by atoms with E-state index in [1.54, 1.807) is 4.57 Å². The number of hydrogen-bond donors (Lipinski definition) is 1. The van der Waals surface area contributed by atoms with Crippen LogP contribution in [0.4, 0.5) is 0 Å². The van der Waals surface area contributed by atoms with Crippen LogP contribution >= 0.6 is 0 Å². The summed E-state index contributed by atoms with van der Waals surface area (Å²) in [5.41, 5.74) is 0. The highest BCUT2D eigenvalue weighted by Crippen LogP contribution is 2.32. The van der Waals surface area contributed by atoms with E-state index in [0.717, 1.165) is 12.8 Å². The van der Waals surface area contributed by atoms with E-state index in [-0.39, 0.29) is 17.2 Å². The Morgan fingerprint density at radius 1 is 1.44 bits per heavy atom. The van der Waals surface area contributed by atoms with Crippen LogP contribution in [-0.4, -0.2) is 35.9 Å². The van der Waals surface area contributed by atoms with Gasteiger partial charge in [0, 0.05) is 19.1 Å². The van der Waals surface area contributed by atoms with Crippen molar-refractivity contribution < 1.29 is 13.2 Å². The quantitative estimate of drug-likeness (QED) is 0.847. The Bertz CT molecular complexity index is 525. The third-order valence-corrected chi connectivity index (χ3v) is 4.07. The van der Waals surface area contributed by atoms with Crippen LogP contribution in [0.5, 0.6) is 0 Å². The number of hydrogen-bond acceptors (Lipinski definition) is 5. The van der Waals surface area contributed by atoms with Crippen molar-refractivity contribution in [3.05, 3.63) is 5.82 Å². The van der Waals surface area contributed by atoms with Crippen molar-refractivity contribution in [3.8, 4) is 0 Å². The SMILES string of the molecule is CCC1OCCC1c1nnc(S(N)(=O)=O)n1CC. The summed E-state index contributed by atoms with van der Waals surface area (Å²) in [6, 6.07) is 0. The van der Waals surface area contributed by atoms with Crippen LogP contribution in [-0.2, 0) is 21.3 Å². The van der Waals surface area contributed by atoms with Crippen LogP contribution in [0.25, 0.3) is 0 Å². The Hall–Kier alpha value is -0.990. The Morgan fingerprint density at radius 2 is 2.17 bits per heavy atom. The summed E-state index contributed by atoms with van der Waals surface area (Å²) in [7, 11) is -3.83. The van der Waals surface area contributed by atoms with Crippen LogP contribution in [0, 0.1) is 0 Å². The average molecular weight is 274 g/mol. The molecule has 0 radical (unpaired) electrons. The molecule has 2 unspecified atom stereocenters. The smallest absolute Gasteiger partial charge is 0.273 e. The molecule has 102 valence electrons. The summed E-state index contributed by atoms with van der Waals surface area (Å²) in [6.45, 7) is 5.03. The minimum atomic E-state index is -3.83. The highest BCUT2D eigenvalue weighted by atomic mass is 32.2. The zero-order valence-electron chi connectivity index (χ0n) is 10.5. The van der Waals surface area contributed by atoms with E-state index in [4.69, 9.17) is 9.88 Å². The van der Waals surface area contributed by atoms with Crippen LogP contribution in [0.1, 0.15) is 38.4 Å². The Balaban J connectivity index is 2.43. The molecule has 2 N–H and O–H groups in total. The summed E-state index contributed by atoms with van der Waals surface area (Å²) in [5.74, 6) is 0.754. The lowest BCUT2D eigenvalue weighted by Crippen LogP contribution is -2.22. The molecule has 18 heavy (non-hydrogen) atoms. The predicted molar refractivity (Wildman–Crippen MR) is 64.5 cm³/mol. The molecule has 1 aliphatic heterocycles. The average Bonchev–Trinajstić information content (AvgIpc) is 2.93. The Morgan fingerprint density at radius 3 is 2.72 bits per heavy atom. The zero-order chi connectivity index (χ0) is 13.3. The van der Waals surface area contributed by atoms with Crippen molar-refractivity contribution in [2.75, 3.05) is 6.61 Å². The number of nitrogens with two attached hydrogens (primary N) is 1. The van der Waals surface area contributed by atoms with Gasteiger partial charge in [0.25, 0.3) is 15.2 Å². The Labute approximate surface area is 106 Å². The van der Waals surface area contributed by atoms with Crippen molar-refractivity contribution in [2.45, 2.75) is 50.4 Å². The van der Waals surface area contributed by atoms with Gasteiger partial charge in [-0.2, -0.15) is 0 Å². The van der Waals surface area contributed by atoms with E-state index >= 15 is 0 Å². The van der Waals surface area contributed by atoms with Crippen LogP contribution in [0.15, 0.2) is 5.16 Å². The Kier molecular flexibility index (Phi) is 3.69. The van der Waals surface area contributed by atoms with Gasteiger partial charge in [0.05, 0.1) is 6.10 Å². The minimum absolute atomic E-state index is 0.0767. The van der Waals surface area contributed by atoms with Gasteiger partial charge >= 0.3 is 0 Å². The van der Waals surface area contributed by atoms with E-state index in [1.807, 2.05) is 13.8 Å². The fraction of sp³-hybridized carbons (Fsp3) is 0.800. The maximum Gasteiger partial charge on any atom is 0.273 e. The van der Waals surface area contributed by atoms with Gasteiger partial charge in [-0.05, 0) is 19.8 Å². The van der Waals surface area contributed by atoms with Crippen molar-refractivity contribution in [1.29, 1.82) is 0 Å². The molecular weight excluding hydrogens is 256 g/mol. The minimum Gasteiger partial charge on any atom is -0.377 e. The molecule has 0 spiro atoms. The molecular formula is C10H18N4O3S. The second-order valence-corrected chi connectivity index (χ2v) is 5.80. The van der Waals surface area contributed by atoms with Gasteiger partial charge in [-0.25, -0.2) is 13.6 Å². The molecule has 1 aromatic rings. The highest BCUT2D eigenvalue weighted by molar-refractivity contribution is 7.89. The summed E-state index contributed by atoms with van der Waals surface area (Å²) in [6.07, 6.45) is 1.78. The number of nitrogens with zero attached hydrogens (tertiary/aromatic N) is 3. The molecule has 0 saturated carbocycles. The molecule has 1 aromatic heterocycles. The first-order valence-electron chi connectivity index (χ1n) is 6.06. The fourth-order valence-electron chi connectivity index (χ4n) is 2.43. The van der Waals surface area contributed by atoms with Crippen molar-refractivity contribution in [1.82, 2.24) is 14.8 Å².